The molecule has 2 fully saturated rings. The number of hydrogen-bond donors (Lipinski definition) is 1. The van der Waals surface area contributed by atoms with E-state index in [4.69, 9.17) is 19.6 Å². The Morgan fingerprint density at radius 2 is 2.08 bits per heavy atom. The molecule has 0 bridgehead atoms. The highest BCUT2D eigenvalue weighted by molar-refractivity contribution is 5.88. The number of aryl methyl sites for hydroxylation is 2. The van der Waals surface area contributed by atoms with Gasteiger partial charge in [0.1, 0.15) is 11.9 Å². The van der Waals surface area contributed by atoms with Gasteiger partial charge in [-0.15, -0.1) is 0 Å². The topological polar surface area (TPSA) is 81.5 Å². The molecule has 3 aliphatic rings. The fourth-order valence-corrected chi connectivity index (χ4v) is 6.31. The highest BCUT2D eigenvalue weighted by Crippen LogP contribution is 2.41. The average Bonchev–Trinajstić information content (AvgIpc) is 3.57. The molecule has 4 heterocycles. The van der Waals surface area contributed by atoms with Crippen molar-refractivity contribution in [3.8, 4) is 0 Å². The number of nitrogens with zero attached hydrogens (tertiary/aromatic N) is 4. The largest absolute Gasteiger partial charge is 0.468 e. The number of likely N-dealkylation sites (tertiary alicyclic amines) is 1. The highest BCUT2D eigenvalue weighted by Gasteiger charge is 2.37. The minimum atomic E-state index is -0.460. The van der Waals surface area contributed by atoms with Crippen molar-refractivity contribution in [3.63, 3.8) is 0 Å². The molecule has 1 saturated heterocycles. The Hall–Kier alpha value is -2.97. The lowest BCUT2D eigenvalue weighted by molar-refractivity contribution is -0.147. The second kappa shape index (κ2) is 11.6. The molecule has 2 aromatic heterocycles. The van der Waals surface area contributed by atoms with Gasteiger partial charge in [0.15, 0.2) is 0 Å². The molecule has 3 aromatic rings. The van der Waals surface area contributed by atoms with Crippen LogP contribution in [-0.2, 0) is 27.1 Å². The zero-order valence-corrected chi connectivity index (χ0v) is 23.3. The molecule has 208 valence electrons. The Morgan fingerprint density at radius 3 is 2.92 bits per heavy atom. The van der Waals surface area contributed by atoms with Gasteiger partial charge in [0, 0.05) is 42.9 Å². The summed E-state index contributed by atoms with van der Waals surface area (Å²) in [7, 11) is 1.48. The number of hydrogen-bond acceptors (Lipinski definition) is 7. The number of benzene rings is 1. The third-order valence-electron chi connectivity index (χ3n) is 8.73. The lowest BCUT2D eigenvalue weighted by atomic mass is 10.0. The Kier molecular flexibility index (Phi) is 7.84. The zero-order chi connectivity index (χ0) is 26.8. The monoisotopic (exact) mass is 531 g/mol. The third-order valence-corrected chi connectivity index (χ3v) is 8.73. The number of fused-ring (bicyclic) bond motifs is 2. The van der Waals surface area contributed by atoms with Gasteiger partial charge in [-0.05, 0) is 75.8 Å². The first-order valence-electron chi connectivity index (χ1n) is 14.7. The number of esters is 1. The van der Waals surface area contributed by atoms with E-state index in [0.717, 1.165) is 86.3 Å². The lowest BCUT2D eigenvalue weighted by Gasteiger charge is -2.27. The molecule has 8 heteroatoms. The maximum absolute atomic E-state index is 13.2. The summed E-state index contributed by atoms with van der Waals surface area (Å²) in [5, 5.41) is 9.24. The van der Waals surface area contributed by atoms with Crippen molar-refractivity contribution in [3.05, 3.63) is 53.3 Å². The van der Waals surface area contributed by atoms with Gasteiger partial charge in [0.05, 0.1) is 31.0 Å². The van der Waals surface area contributed by atoms with Crippen molar-refractivity contribution in [2.75, 3.05) is 38.7 Å². The van der Waals surface area contributed by atoms with Gasteiger partial charge in [-0.2, -0.15) is 5.10 Å². The molecule has 3 atom stereocenters. The van der Waals surface area contributed by atoms with Gasteiger partial charge in [0.25, 0.3) is 0 Å². The molecule has 1 saturated carbocycles. The van der Waals surface area contributed by atoms with E-state index >= 15 is 0 Å². The fourth-order valence-electron chi connectivity index (χ4n) is 6.31. The molecule has 2 aliphatic heterocycles. The molecule has 8 nitrogen and oxygen atoms in total. The summed E-state index contributed by atoms with van der Waals surface area (Å²) >= 11 is 0. The molecule has 0 spiro atoms. The predicted molar refractivity (Wildman–Crippen MR) is 152 cm³/mol. The van der Waals surface area contributed by atoms with E-state index in [1.54, 1.807) is 0 Å². The van der Waals surface area contributed by atoms with E-state index < -0.39 is 6.04 Å². The van der Waals surface area contributed by atoms with Crippen LogP contribution in [0.4, 0.5) is 5.82 Å². The minimum Gasteiger partial charge on any atom is -0.468 e. The minimum absolute atomic E-state index is 0.123. The molecule has 0 amide bonds. The maximum Gasteiger partial charge on any atom is 0.327 e. The standard InChI is InChI=1S/C31H41N5O3/c1-21(22-11-12-22)36-28-24(19-33-36)7-5-10-27(28)29(31(37)38-2)35-17-15-26(20-35)39-18-4-3-9-25-14-13-23-8-6-16-32-30(23)34-25/h5,7,10,13-14,19,21-22,26,29H,3-4,6,8-9,11-12,15-18,20H2,1-2H3,(H,32,34)/t21?,26-,29+/m1/s1. The van der Waals surface area contributed by atoms with Crippen molar-refractivity contribution >= 4 is 22.7 Å². The quantitative estimate of drug-likeness (QED) is 0.273. The molecule has 39 heavy (non-hydrogen) atoms. The number of methoxy groups -OCH3 is 1. The van der Waals surface area contributed by atoms with E-state index in [9.17, 15) is 4.79 Å². The van der Waals surface area contributed by atoms with E-state index in [-0.39, 0.29) is 12.1 Å². The van der Waals surface area contributed by atoms with Gasteiger partial charge in [-0.25, -0.2) is 9.78 Å². The fraction of sp³-hybridized carbons (Fsp3) is 0.581. The van der Waals surface area contributed by atoms with Crippen LogP contribution >= 0.6 is 0 Å². The van der Waals surface area contributed by atoms with Crippen molar-refractivity contribution in [2.45, 2.75) is 76.5 Å². The Labute approximate surface area is 231 Å². The first-order valence-corrected chi connectivity index (χ1v) is 14.7. The maximum atomic E-state index is 13.2. The van der Waals surface area contributed by atoms with Gasteiger partial charge >= 0.3 is 5.97 Å². The van der Waals surface area contributed by atoms with Gasteiger partial charge in [-0.1, -0.05) is 24.3 Å². The van der Waals surface area contributed by atoms with E-state index in [2.05, 4.69) is 46.1 Å². The number of para-hydroxylation sites is 1. The summed E-state index contributed by atoms with van der Waals surface area (Å²) in [5.41, 5.74) is 4.53. The van der Waals surface area contributed by atoms with Crippen LogP contribution in [0.1, 0.15) is 74.4 Å². The Morgan fingerprint density at radius 1 is 1.18 bits per heavy atom. The summed E-state index contributed by atoms with van der Waals surface area (Å²) < 4.78 is 13.8. The first-order chi connectivity index (χ1) is 19.1. The third kappa shape index (κ3) is 5.68. The molecule has 1 unspecified atom stereocenters. The van der Waals surface area contributed by atoms with Crippen molar-refractivity contribution in [2.24, 2.45) is 5.92 Å². The number of ether oxygens (including phenoxy) is 2. The smallest absolute Gasteiger partial charge is 0.327 e. The average molecular weight is 532 g/mol. The normalized spacial score (nSPS) is 20.9. The number of unbranched alkanes of at least 4 members (excludes halogenated alkanes) is 1. The van der Waals surface area contributed by atoms with Gasteiger partial charge < -0.3 is 14.8 Å². The number of aromatic nitrogens is 3. The van der Waals surface area contributed by atoms with E-state index in [0.29, 0.717) is 12.0 Å². The van der Waals surface area contributed by atoms with Crippen LogP contribution < -0.4 is 5.32 Å². The highest BCUT2D eigenvalue weighted by atomic mass is 16.5. The van der Waals surface area contributed by atoms with E-state index in [1.807, 2.05) is 12.3 Å². The second-order valence-corrected chi connectivity index (χ2v) is 11.5. The lowest BCUT2D eigenvalue weighted by Crippen LogP contribution is -2.34. The van der Waals surface area contributed by atoms with E-state index in [1.165, 1.54) is 31.9 Å². The molecular formula is C31H41N5O3. The van der Waals surface area contributed by atoms with Crippen molar-refractivity contribution < 1.29 is 14.3 Å². The van der Waals surface area contributed by atoms with Crippen LogP contribution in [0.3, 0.4) is 0 Å². The summed E-state index contributed by atoms with van der Waals surface area (Å²) in [6.45, 7) is 5.52. The molecular weight excluding hydrogens is 490 g/mol. The first kappa shape index (κ1) is 26.3. The van der Waals surface area contributed by atoms with Crippen LogP contribution in [-0.4, -0.2) is 65.1 Å². The number of rotatable bonds is 11. The number of nitrogens with one attached hydrogen (secondary N) is 1. The van der Waals surface area contributed by atoms with Crippen LogP contribution in [0.2, 0.25) is 0 Å². The van der Waals surface area contributed by atoms with Crippen molar-refractivity contribution in [1.82, 2.24) is 19.7 Å². The SMILES string of the molecule is COC(=O)[C@H](c1cccc2cnn(C(C)C3CC3)c12)N1CC[C@@H](OCCCCc2ccc3c(n2)NCCC3)C1. The summed E-state index contributed by atoms with van der Waals surface area (Å²) in [5.74, 6) is 1.52. The van der Waals surface area contributed by atoms with Crippen molar-refractivity contribution in [1.29, 1.82) is 0 Å². The van der Waals surface area contributed by atoms with Gasteiger partial charge in [-0.3, -0.25) is 9.58 Å². The summed E-state index contributed by atoms with van der Waals surface area (Å²) in [6, 6.07) is 10.4. The molecule has 6 rings (SSSR count). The van der Waals surface area contributed by atoms with Crippen LogP contribution in [0.15, 0.2) is 36.5 Å². The number of pyridine rings is 1. The Bertz CT molecular complexity index is 1300. The predicted octanol–water partition coefficient (Wildman–Crippen LogP) is 5.09. The van der Waals surface area contributed by atoms with Crippen LogP contribution in [0.25, 0.3) is 10.9 Å². The number of carbonyl (C=O) groups excluding carboxylic acids is 1. The summed E-state index contributed by atoms with van der Waals surface area (Å²) in [4.78, 5) is 20.2. The summed E-state index contributed by atoms with van der Waals surface area (Å²) in [6.07, 6.45) is 10.8. The van der Waals surface area contributed by atoms with Crippen LogP contribution in [0.5, 0.6) is 0 Å². The molecule has 0 radical (unpaired) electrons. The zero-order valence-electron chi connectivity index (χ0n) is 23.3. The number of carbonyl (C=O) groups is 1. The number of anilines is 1. The molecule has 1 N–H and O–H groups in total. The van der Waals surface area contributed by atoms with Crippen LogP contribution in [0, 0.1) is 5.92 Å². The molecule has 1 aromatic carbocycles. The Balaban J connectivity index is 1.06. The second-order valence-electron chi connectivity index (χ2n) is 11.5. The van der Waals surface area contributed by atoms with Gasteiger partial charge in [0.2, 0.25) is 0 Å². The molecule has 1 aliphatic carbocycles.